The average molecular weight is 2150 g/mol. The van der Waals surface area contributed by atoms with Crippen molar-refractivity contribution in [2.75, 3.05) is 176 Å². The van der Waals surface area contributed by atoms with Crippen molar-refractivity contribution in [1.29, 1.82) is 0 Å². The normalized spacial score (nSPS) is 18.4. The molecule has 0 amide bonds. The fraction of sp³-hybridized carbons (Fsp3) is 0.458. The topological polar surface area (TPSA) is 383 Å². The second-order valence-corrected chi connectivity index (χ2v) is 46.4. The third kappa shape index (κ3) is 28.4. The number of anilines is 5. The van der Waals surface area contributed by atoms with Crippen molar-refractivity contribution < 1.29 is 51.1 Å². The monoisotopic (exact) mass is 2150 g/mol. The Kier molecular flexibility index (Phi) is 37.5. The van der Waals surface area contributed by atoms with E-state index in [0.717, 1.165) is 94.4 Å². The van der Waals surface area contributed by atoms with Gasteiger partial charge in [-0.3, -0.25) is 43.0 Å². The number of nitrogens with two attached hydrogens (primary N) is 1. The molecule has 0 bridgehead atoms. The first-order valence-corrected chi connectivity index (χ1v) is 54.3. The number of hydrogen-bond donors (Lipinski definition) is 4. The van der Waals surface area contributed by atoms with Gasteiger partial charge in [-0.25, -0.2) is 24.2 Å². The summed E-state index contributed by atoms with van der Waals surface area (Å²) in [7, 11) is -6.70. The van der Waals surface area contributed by atoms with Gasteiger partial charge in [-0.15, -0.1) is 24.8 Å². The molecule has 4 aromatic heterocycles. The van der Waals surface area contributed by atoms with Gasteiger partial charge in [0.1, 0.15) is 22.7 Å². The number of benzene rings is 6. The van der Waals surface area contributed by atoms with Crippen molar-refractivity contribution in [3.05, 3.63) is 253 Å². The van der Waals surface area contributed by atoms with Crippen molar-refractivity contribution in [2.45, 2.75) is 113 Å². The Morgan fingerprint density at radius 3 is 0.930 bits per heavy atom. The molecule has 18 rings (SSSR count). The molecule has 4 aliphatic heterocycles. The molecular formula is C96H122Cl7N20O16P3. The van der Waals surface area contributed by atoms with Crippen LogP contribution in [0.1, 0.15) is 111 Å². The van der Waals surface area contributed by atoms with Crippen molar-refractivity contribution in [3.63, 3.8) is 0 Å². The van der Waals surface area contributed by atoms with E-state index in [2.05, 4.69) is 73.4 Å². The lowest BCUT2D eigenvalue weighted by molar-refractivity contribution is -0.384. The molecule has 6 aromatic carbocycles. The lowest BCUT2D eigenvalue weighted by Gasteiger charge is -2.39. The molecule has 0 radical (unpaired) electrons. The molecule has 4 saturated carbocycles. The summed E-state index contributed by atoms with van der Waals surface area (Å²) in [4.78, 5) is 72.6. The third-order valence-electron chi connectivity index (χ3n) is 25.9. The number of ether oxygens (including phenoxy) is 4. The van der Waals surface area contributed by atoms with Crippen LogP contribution in [0.2, 0.25) is 20.1 Å². The van der Waals surface area contributed by atoms with Crippen LogP contribution in [0.25, 0.3) is 22.7 Å². The van der Waals surface area contributed by atoms with Crippen molar-refractivity contribution in [1.82, 2.24) is 68.6 Å². The predicted molar refractivity (Wildman–Crippen MR) is 563 cm³/mol. The van der Waals surface area contributed by atoms with Crippen molar-refractivity contribution >= 4 is 139 Å². The molecule has 8 heterocycles. The highest BCUT2D eigenvalue weighted by Gasteiger charge is 2.45. The van der Waals surface area contributed by atoms with Gasteiger partial charge in [-0.1, -0.05) is 123 Å². The number of rotatable bonds is 36. The molecular weight excluding hydrogens is 2030 g/mol. The number of piperazine rings is 4. The smallest absolute Gasteiger partial charge is 0.363 e. The summed E-state index contributed by atoms with van der Waals surface area (Å²) in [6.45, 7) is 23.1. The van der Waals surface area contributed by atoms with Crippen LogP contribution in [0.15, 0.2) is 190 Å². The van der Waals surface area contributed by atoms with Crippen LogP contribution in [0.3, 0.4) is 0 Å². The maximum absolute atomic E-state index is 13.9. The molecule has 766 valence electrons. The number of aromatic nitrogens is 8. The van der Waals surface area contributed by atoms with Gasteiger partial charge in [0, 0.05) is 177 Å². The maximum atomic E-state index is 13.9. The van der Waals surface area contributed by atoms with E-state index in [0.29, 0.717) is 189 Å². The zero-order chi connectivity index (χ0) is 99.3. The Bertz CT molecular complexity index is 6430. The molecule has 3 unspecified atom stereocenters. The Morgan fingerprint density at radius 1 is 0.401 bits per heavy atom. The summed E-state index contributed by atoms with van der Waals surface area (Å²) >= 11 is 30.6. The summed E-state index contributed by atoms with van der Waals surface area (Å²) in [5.41, 5.74) is 12.3. The van der Waals surface area contributed by atoms with Crippen LogP contribution >= 0.6 is 105 Å². The minimum atomic E-state index is -3.41. The lowest BCUT2D eigenvalue weighted by Crippen LogP contribution is -2.47. The molecule has 4 aliphatic carbocycles. The van der Waals surface area contributed by atoms with E-state index in [-0.39, 0.29) is 111 Å². The first kappa shape index (κ1) is 110. The quantitative estimate of drug-likeness (QED) is 0.0123. The third-order valence-corrected chi connectivity index (χ3v) is 34.0. The number of nitrogen functional groups attached to an aromatic ring is 1. The summed E-state index contributed by atoms with van der Waals surface area (Å²) in [6.07, 6.45) is 15.4. The Hall–Kier alpha value is -9.20. The number of hydrogen-bond acceptors (Lipinski definition) is 26. The van der Waals surface area contributed by atoms with E-state index in [1.807, 2.05) is 57.8 Å². The van der Waals surface area contributed by atoms with Gasteiger partial charge < -0.3 is 63.2 Å². The van der Waals surface area contributed by atoms with E-state index in [1.165, 1.54) is 30.9 Å². The molecule has 4 saturated heterocycles. The minimum absolute atomic E-state index is 0. The van der Waals surface area contributed by atoms with Gasteiger partial charge in [0.2, 0.25) is 23.0 Å². The van der Waals surface area contributed by atoms with E-state index >= 15 is 0 Å². The van der Waals surface area contributed by atoms with Gasteiger partial charge in [0.05, 0.1) is 98.7 Å². The van der Waals surface area contributed by atoms with Crippen LogP contribution in [-0.2, 0) is 40.4 Å². The lowest BCUT2D eigenvalue weighted by atomic mass is 10.2. The number of nitrogens with one attached hydrogen (secondary N) is 3. The van der Waals surface area contributed by atoms with Crippen LogP contribution in [-0.4, -0.2) is 209 Å². The van der Waals surface area contributed by atoms with E-state index in [4.69, 9.17) is 95.9 Å². The largest absolute Gasteiger partial charge is 0.486 e. The number of halogens is 7. The number of nitrogens with zero attached hydrogens (tertiary/aromatic N) is 16. The fourth-order valence-corrected chi connectivity index (χ4v) is 22.4. The fourth-order valence-electron chi connectivity index (χ4n) is 16.0. The highest BCUT2D eigenvalue weighted by atomic mass is 35.7. The summed E-state index contributed by atoms with van der Waals surface area (Å²) in [6, 6.07) is 41.6. The van der Waals surface area contributed by atoms with Crippen molar-refractivity contribution in [3.8, 4) is 45.7 Å². The van der Waals surface area contributed by atoms with Gasteiger partial charge in [0.25, 0.3) is 5.69 Å². The van der Waals surface area contributed by atoms with Crippen LogP contribution in [0, 0.1) is 31.8 Å². The Labute approximate surface area is 862 Å². The van der Waals surface area contributed by atoms with Gasteiger partial charge in [0.15, 0.2) is 0 Å². The molecule has 142 heavy (non-hydrogen) atoms. The first-order valence-electron chi connectivity index (χ1n) is 47.1. The number of non-ortho nitro benzene ring substituents is 1. The first-order chi connectivity index (χ1) is 67.1. The molecule has 5 N–H and O–H groups in total. The zero-order valence-corrected chi connectivity index (χ0v) is 88.4. The molecule has 36 nitrogen and oxygen atoms in total. The predicted octanol–water partition coefficient (Wildman–Crippen LogP) is 17.6. The number of nitro groups is 1. The van der Waals surface area contributed by atoms with E-state index in [9.17, 15) is 43.0 Å². The van der Waals surface area contributed by atoms with Gasteiger partial charge in [-0.05, 0) is 179 Å². The van der Waals surface area contributed by atoms with Crippen LogP contribution in [0.4, 0.5) is 34.1 Å². The highest BCUT2D eigenvalue weighted by Crippen LogP contribution is 2.57. The zero-order valence-electron chi connectivity index (χ0n) is 80.3. The second-order valence-electron chi connectivity index (χ2n) is 37.3. The molecule has 8 fully saturated rings. The molecule has 0 spiro atoms. The van der Waals surface area contributed by atoms with E-state index in [1.54, 1.807) is 145 Å². The highest BCUT2D eigenvalue weighted by molar-refractivity contribution is 7.83. The molecule has 46 heteroatoms. The summed E-state index contributed by atoms with van der Waals surface area (Å²) < 4.78 is 92.2. The minimum Gasteiger partial charge on any atom is -0.486 e. The molecule has 3 atom stereocenters. The molecule has 8 aliphatic rings. The summed E-state index contributed by atoms with van der Waals surface area (Å²) in [5.74, 6) is 1.15. The molecule has 10 aromatic rings. The SMILES string of the molecule is CC1(COc2c(N3CCNCC3)cnn(-c3cccc(Cl)c3)c2=O)CC1.CCOP(=O)(Cl)N1CCN(c2cnn(-c3cccc(Cl)c3)c(=O)c2OCC2(C)CC2)CC1.CCOP(=O)(NCc1ccc(N)cc1)N1CCN(c2cnn(-c3cccc(Cl)c3)c(=O)c2OCC2(C)CC2)CC1.CCOP(=O)(NCc1ccc([N+](=O)[O-])cc1)N1CCN(c2cnn(-c3cccc(Cl)c3)c(=O)c2OCC2(C)CC2)CC1.Cl.Cl. The van der Waals surface area contributed by atoms with Crippen molar-refractivity contribution in [2.24, 2.45) is 21.7 Å². The Morgan fingerprint density at radius 2 is 0.669 bits per heavy atom. The van der Waals surface area contributed by atoms with Crippen LogP contribution in [0.5, 0.6) is 23.0 Å². The van der Waals surface area contributed by atoms with E-state index < -0.39 is 27.1 Å². The standard InChI is InChI=1S/C28H34ClN6O6P.C28H36ClN6O4P.C21H27Cl2N4O4P.C19H23ClN4O2.2ClH/c1-3-41-42(39,31-18-21-7-9-23(10-8-21)35(37)38)33-15-13-32(14-16-33)25-19-30-34(24-6-4-5-22(29)17-24)27(36)26(25)40-20-28(2)11-12-28;1-3-39-40(37,32-18-21-7-9-23(30)10-8-21)34-15-13-33(14-16-34)25-19-31-35(24-6-4-5-22(29)17-24)27(36)26(25)38-20-28(2)11-12-28;1-3-31-32(23,29)26-11-9-25(10-12-26)18-14-24-27(17-6-4-5-16(22)13-17)20(28)19(18)30-15-21(2)7-8-21;1-19(5-6-19)13-26-17-16(23-9-7-21-8-10-23)12-22-24(18(17)25)15-4-2-3-14(20)11-15;;/h4-10,17,19H,3,11-16,18,20H2,1-2H3,(H,31,39);4-10,17,19H,3,11-16,18,20,30H2,1-2H3,(H,32,37);4-6,13-14H,3,7-12,15H2,1-2H3;2-4,11-12,21H,5-10,13H2,1H3;2*1H. The Balaban J connectivity index is 0.000000161. The van der Waals surface area contributed by atoms with Crippen LogP contribution < -0.4 is 82.0 Å². The van der Waals surface area contributed by atoms with Gasteiger partial charge in [-0.2, -0.15) is 39.1 Å². The van der Waals surface area contributed by atoms with Gasteiger partial charge >= 0.3 is 44.4 Å². The summed E-state index contributed by atoms with van der Waals surface area (Å²) in [5, 5.41) is 40.2. The second kappa shape index (κ2) is 48.4. The average Bonchev–Trinajstić information content (AvgIpc) is 1.01. The number of nitro benzene ring substituents is 1. The maximum Gasteiger partial charge on any atom is 0.363 e.